The van der Waals surface area contributed by atoms with Gasteiger partial charge in [-0.1, -0.05) is 12.1 Å². The summed E-state index contributed by atoms with van der Waals surface area (Å²) in [5.74, 6) is 0.484. The molecule has 0 bridgehead atoms. The lowest BCUT2D eigenvalue weighted by molar-refractivity contribution is -0.140. The Morgan fingerprint density at radius 2 is 2.00 bits per heavy atom. The van der Waals surface area contributed by atoms with Crippen LogP contribution in [0.2, 0.25) is 0 Å². The Balaban J connectivity index is 1.90. The summed E-state index contributed by atoms with van der Waals surface area (Å²) in [5.41, 5.74) is -0.0201. The second-order valence-corrected chi connectivity index (χ2v) is 6.34. The predicted octanol–water partition coefficient (Wildman–Crippen LogP) is 2.28. The van der Waals surface area contributed by atoms with Gasteiger partial charge in [-0.2, -0.15) is 0 Å². The van der Waals surface area contributed by atoms with Gasteiger partial charge in [0, 0.05) is 18.7 Å². The standard InChI is InChI=1S/C17H23NO4/c1-18-10-6-12(7-11-18)22-15-13(4-3-5-14(15)21-2)17(8-9-17)16(19)20/h3-5,12H,6-11H2,1-2H3,(H,19,20). The summed E-state index contributed by atoms with van der Waals surface area (Å²) in [4.78, 5) is 13.9. The Bertz CT molecular complexity index is 560. The minimum absolute atomic E-state index is 0.121. The quantitative estimate of drug-likeness (QED) is 0.904. The first-order chi connectivity index (χ1) is 10.6. The van der Waals surface area contributed by atoms with E-state index in [1.54, 1.807) is 7.11 Å². The van der Waals surface area contributed by atoms with Crippen LogP contribution in [0.5, 0.6) is 11.5 Å². The van der Waals surface area contributed by atoms with Crippen LogP contribution in [0.4, 0.5) is 0 Å². The first-order valence-corrected chi connectivity index (χ1v) is 7.83. The third-order valence-corrected chi connectivity index (χ3v) is 4.82. The van der Waals surface area contributed by atoms with E-state index in [0.29, 0.717) is 24.3 Å². The van der Waals surface area contributed by atoms with Gasteiger partial charge in [0.1, 0.15) is 6.10 Å². The van der Waals surface area contributed by atoms with Crippen molar-refractivity contribution in [2.45, 2.75) is 37.2 Å². The average molecular weight is 305 g/mol. The first-order valence-electron chi connectivity index (χ1n) is 7.83. The molecule has 0 radical (unpaired) electrons. The van der Waals surface area contributed by atoms with Gasteiger partial charge in [-0.05, 0) is 38.8 Å². The van der Waals surface area contributed by atoms with Crippen molar-refractivity contribution in [1.82, 2.24) is 4.90 Å². The van der Waals surface area contributed by atoms with Gasteiger partial charge in [0.15, 0.2) is 11.5 Å². The normalized spacial score (nSPS) is 21.4. The second kappa shape index (κ2) is 5.80. The summed E-state index contributed by atoms with van der Waals surface area (Å²) in [6, 6.07) is 5.55. The number of piperidine rings is 1. The van der Waals surface area contributed by atoms with Crippen molar-refractivity contribution in [3.8, 4) is 11.5 Å². The largest absolute Gasteiger partial charge is 0.493 e. The van der Waals surface area contributed by atoms with Crippen LogP contribution in [0, 0.1) is 0 Å². The maximum absolute atomic E-state index is 11.7. The third-order valence-electron chi connectivity index (χ3n) is 4.82. The molecule has 0 spiro atoms. The molecule has 1 aliphatic heterocycles. The predicted molar refractivity (Wildman–Crippen MR) is 82.7 cm³/mol. The van der Waals surface area contributed by atoms with Gasteiger partial charge in [-0.3, -0.25) is 4.79 Å². The van der Waals surface area contributed by atoms with Crippen LogP contribution in [0.25, 0.3) is 0 Å². The van der Waals surface area contributed by atoms with E-state index in [1.807, 2.05) is 18.2 Å². The van der Waals surface area contributed by atoms with Crippen molar-refractivity contribution >= 4 is 5.97 Å². The van der Waals surface area contributed by atoms with E-state index in [4.69, 9.17) is 9.47 Å². The molecule has 0 unspecified atom stereocenters. The second-order valence-electron chi connectivity index (χ2n) is 6.34. The van der Waals surface area contributed by atoms with Gasteiger partial charge in [0.05, 0.1) is 12.5 Å². The van der Waals surface area contributed by atoms with E-state index in [1.165, 1.54) is 0 Å². The maximum Gasteiger partial charge on any atom is 0.314 e. The number of likely N-dealkylation sites (tertiary alicyclic amines) is 1. The van der Waals surface area contributed by atoms with Crippen molar-refractivity contribution < 1.29 is 19.4 Å². The smallest absolute Gasteiger partial charge is 0.314 e. The van der Waals surface area contributed by atoms with Gasteiger partial charge in [0.25, 0.3) is 0 Å². The fourth-order valence-electron chi connectivity index (χ4n) is 3.17. The lowest BCUT2D eigenvalue weighted by Gasteiger charge is -2.31. The number of ether oxygens (including phenoxy) is 2. The van der Waals surface area contributed by atoms with Crippen molar-refractivity contribution in [3.63, 3.8) is 0 Å². The number of aliphatic carboxylic acids is 1. The fourth-order valence-corrected chi connectivity index (χ4v) is 3.17. The zero-order chi connectivity index (χ0) is 15.7. The van der Waals surface area contributed by atoms with Gasteiger partial charge in [0.2, 0.25) is 0 Å². The molecule has 1 N–H and O–H groups in total. The van der Waals surface area contributed by atoms with Gasteiger partial charge >= 0.3 is 5.97 Å². The number of rotatable bonds is 5. The zero-order valence-corrected chi connectivity index (χ0v) is 13.2. The fraction of sp³-hybridized carbons (Fsp3) is 0.588. The Hall–Kier alpha value is -1.75. The number of nitrogens with zero attached hydrogens (tertiary/aromatic N) is 1. The molecular weight excluding hydrogens is 282 g/mol. The molecule has 1 aromatic carbocycles. The molecule has 0 amide bonds. The molecular formula is C17H23NO4. The summed E-state index contributed by atoms with van der Waals surface area (Å²) < 4.78 is 11.6. The highest BCUT2D eigenvalue weighted by Gasteiger charge is 2.54. The molecule has 1 aliphatic carbocycles. The van der Waals surface area contributed by atoms with Crippen LogP contribution in [0.3, 0.4) is 0 Å². The zero-order valence-electron chi connectivity index (χ0n) is 13.2. The molecule has 0 aromatic heterocycles. The highest BCUT2D eigenvalue weighted by atomic mass is 16.5. The van der Waals surface area contributed by atoms with Crippen molar-refractivity contribution in [3.05, 3.63) is 23.8 Å². The molecule has 2 aliphatic rings. The van der Waals surface area contributed by atoms with Crippen LogP contribution in [0.15, 0.2) is 18.2 Å². The van der Waals surface area contributed by atoms with E-state index in [-0.39, 0.29) is 6.10 Å². The van der Waals surface area contributed by atoms with E-state index >= 15 is 0 Å². The summed E-state index contributed by atoms with van der Waals surface area (Å²) in [7, 11) is 3.70. The monoisotopic (exact) mass is 305 g/mol. The first kappa shape index (κ1) is 15.2. The van der Waals surface area contributed by atoms with Crippen LogP contribution in [0.1, 0.15) is 31.2 Å². The van der Waals surface area contributed by atoms with Gasteiger partial charge in [-0.25, -0.2) is 0 Å². The molecule has 22 heavy (non-hydrogen) atoms. The number of carbonyl (C=O) groups is 1. The van der Waals surface area contributed by atoms with Crippen LogP contribution >= 0.6 is 0 Å². The molecule has 120 valence electrons. The molecule has 0 atom stereocenters. The summed E-state index contributed by atoms with van der Waals surface area (Å²) in [5, 5.41) is 9.58. The van der Waals surface area contributed by atoms with Crippen LogP contribution < -0.4 is 9.47 Å². The summed E-state index contributed by atoms with van der Waals surface area (Å²) in [6.07, 6.45) is 3.36. The Morgan fingerprint density at radius 3 is 2.55 bits per heavy atom. The highest BCUT2D eigenvalue weighted by Crippen LogP contribution is 2.53. The average Bonchev–Trinajstić information content (AvgIpc) is 3.31. The van der Waals surface area contributed by atoms with E-state index < -0.39 is 11.4 Å². The maximum atomic E-state index is 11.7. The van der Waals surface area contributed by atoms with Gasteiger partial charge < -0.3 is 19.5 Å². The van der Waals surface area contributed by atoms with Crippen molar-refractivity contribution in [2.24, 2.45) is 0 Å². The van der Waals surface area contributed by atoms with Gasteiger partial charge in [-0.15, -0.1) is 0 Å². The lowest BCUT2D eigenvalue weighted by Crippen LogP contribution is -2.36. The topological polar surface area (TPSA) is 59.0 Å². The molecule has 3 rings (SSSR count). The minimum atomic E-state index is -0.782. The molecule has 1 saturated heterocycles. The number of carboxylic acids is 1. The summed E-state index contributed by atoms with van der Waals surface area (Å²) >= 11 is 0. The van der Waals surface area contributed by atoms with E-state index in [9.17, 15) is 9.90 Å². The number of hydrogen-bond acceptors (Lipinski definition) is 4. The number of hydrogen-bond donors (Lipinski definition) is 1. The molecule has 5 nitrogen and oxygen atoms in total. The van der Waals surface area contributed by atoms with Crippen LogP contribution in [-0.2, 0) is 10.2 Å². The number of methoxy groups -OCH3 is 1. The van der Waals surface area contributed by atoms with Crippen molar-refractivity contribution in [1.29, 1.82) is 0 Å². The minimum Gasteiger partial charge on any atom is -0.493 e. The Kier molecular flexibility index (Phi) is 4.00. The third kappa shape index (κ3) is 2.65. The summed E-state index contributed by atoms with van der Waals surface area (Å²) in [6.45, 7) is 2.00. The van der Waals surface area contributed by atoms with E-state index in [2.05, 4.69) is 11.9 Å². The highest BCUT2D eigenvalue weighted by molar-refractivity contribution is 5.86. The van der Waals surface area contributed by atoms with E-state index in [0.717, 1.165) is 31.5 Å². The molecule has 5 heteroatoms. The number of benzene rings is 1. The molecule has 1 saturated carbocycles. The Labute approximate surface area is 130 Å². The van der Waals surface area contributed by atoms with Crippen LogP contribution in [-0.4, -0.2) is 49.3 Å². The lowest BCUT2D eigenvalue weighted by atomic mass is 9.94. The van der Waals surface area contributed by atoms with Crippen molar-refractivity contribution in [2.75, 3.05) is 27.2 Å². The SMILES string of the molecule is COc1cccc(C2(C(=O)O)CC2)c1OC1CCN(C)CC1. The molecule has 1 heterocycles. The number of carboxylic acid groups (broad SMARTS) is 1. The Morgan fingerprint density at radius 1 is 1.32 bits per heavy atom. The molecule has 2 fully saturated rings. The number of para-hydroxylation sites is 1. The molecule has 1 aromatic rings.